The van der Waals surface area contributed by atoms with E-state index < -0.39 is 0 Å². The number of hydrogen-bond acceptors (Lipinski definition) is 3. The summed E-state index contributed by atoms with van der Waals surface area (Å²) in [5.74, 6) is 0.932. The number of nitrogens with zero attached hydrogens (tertiary/aromatic N) is 1. The maximum absolute atomic E-state index is 13.0. The van der Waals surface area contributed by atoms with Gasteiger partial charge in [-0.1, -0.05) is 30.3 Å². The molecule has 0 aliphatic carbocycles. The number of benzene rings is 2. The molecule has 0 spiro atoms. The molecule has 4 rings (SSSR count). The fraction of sp³-hybridized carbons (Fsp3) is 0.150. The zero-order chi connectivity index (χ0) is 16.5. The Balaban J connectivity index is 1.71. The quantitative estimate of drug-likeness (QED) is 0.676. The number of amides is 1. The lowest BCUT2D eigenvalue weighted by Gasteiger charge is -2.20. The summed E-state index contributed by atoms with van der Waals surface area (Å²) in [6, 6.07) is 19.8. The Hall–Kier alpha value is -2.59. The topological polar surface area (TPSA) is 29.5 Å². The van der Waals surface area contributed by atoms with Crippen molar-refractivity contribution in [3.05, 3.63) is 71.1 Å². The number of hydrogen-bond donors (Lipinski definition) is 0. The van der Waals surface area contributed by atoms with Gasteiger partial charge in [-0.15, -0.1) is 11.3 Å². The van der Waals surface area contributed by atoms with Crippen LogP contribution in [0.4, 0.5) is 5.69 Å². The minimum atomic E-state index is 0.0422. The molecule has 2 aromatic carbocycles. The monoisotopic (exact) mass is 335 g/mol. The average molecular weight is 335 g/mol. The molecule has 3 aromatic rings. The second kappa shape index (κ2) is 6.13. The van der Waals surface area contributed by atoms with Crippen molar-refractivity contribution in [1.82, 2.24) is 0 Å². The summed E-state index contributed by atoms with van der Waals surface area (Å²) in [5.41, 5.74) is 3.09. The van der Waals surface area contributed by atoms with Gasteiger partial charge in [0.2, 0.25) is 0 Å². The van der Waals surface area contributed by atoms with Crippen LogP contribution in [0.25, 0.3) is 10.4 Å². The van der Waals surface area contributed by atoms with Gasteiger partial charge in [-0.3, -0.25) is 4.79 Å². The van der Waals surface area contributed by atoms with Gasteiger partial charge < -0.3 is 9.64 Å². The molecule has 0 radical (unpaired) electrons. The van der Waals surface area contributed by atoms with Crippen LogP contribution in [-0.4, -0.2) is 12.5 Å². The lowest BCUT2D eigenvalue weighted by atomic mass is 10.1. The van der Waals surface area contributed by atoms with Crippen LogP contribution in [-0.2, 0) is 6.61 Å². The zero-order valence-electron chi connectivity index (χ0n) is 13.4. The van der Waals surface area contributed by atoms with Gasteiger partial charge in [0.15, 0.2) is 0 Å². The highest BCUT2D eigenvalue weighted by Crippen LogP contribution is 2.42. The highest BCUT2D eigenvalue weighted by atomic mass is 32.1. The SMILES string of the molecule is CCN(C(=O)c1cc2c(s1)-c1ccccc1OC2)c1ccccc1. The van der Waals surface area contributed by atoms with E-state index in [1.807, 2.05) is 72.5 Å². The smallest absolute Gasteiger partial charge is 0.268 e. The van der Waals surface area contributed by atoms with E-state index in [9.17, 15) is 4.79 Å². The summed E-state index contributed by atoms with van der Waals surface area (Å²) < 4.78 is 5.80. The number of para-hydroxylation sites is 2. The van der Waals surface area contributed by atoms with E-state index in [2.05, 4.69) is 0 Å². The first-order valence-corrected chi connectivity index (χ1v) is 8.81. The fourth-order valence-electron chi connectivity index (χ4n) is 2.99. The second-order valence-corrected chi connectivity index (χ2v) is 6.69. The van der Waals surface area contributed by atoms with Gasteiger partial charge in [-0.2, -0.15) is 0 Å². The molecule has 1 aliphatic heterocycles. The molecule has 0 atom stereocenters. The van der Waals surface area contributed by atoms with Gasteiger partial charge in [0.05, 0.1) is 4.88 Å². The number of rotatable bonds is 3. The number of ether oxygens (including phenoxy) is 1. The molecule has 120 valence electrons. The first-order valence-electron chi connectivity index (χ1n) is 7.99. The zero-order valence-corrected chi connectivity index (χ0v) is 14.2. The molecule has 0 bridgehead atoms. The van der Waals surface area contributed by atoms with Gasteiger partial charge >= 0.3 is 0 Å². The lowest BCUT2D eigenvalue weighted by Crippen LogP contribution is -2.29. The molecule has 0 saturated carbocycles. The lowest BCUT2D eigenvalue weighted by molar-refractivity contribution is 0.0992. The Morgan fingerprint density at radius 1 is 1.12 bits per heavy atom. The summed E-state index contributed by atoms with van der Waals surface area (Å²) in [7, 11) is 0. The largest absolute Gasteiger partial charge is 0.488 e. The Morgan fingerprint density at radius 3 is 2.67 bits per heavy atom. The Bertz CT molecular complexity index is 886. The summed E-state index contributed by atoms with van der Waals surface area (Å²) in [4.78, 5) is 16.7. The van der Waals surface area contributed by atoms with E-state index in [1.165, 1.54) is 0 Å². The molecule has 24 heavy (non-hydrogen) atoms. The summed E-state index contributed by atoms with van der Waals surface area (Å²) in [5, 5.41) is 0. The van der Waals surface area contributed by atoms with Gasteiger partial charge in [-0.25, -0.2) is 0 Å². The van der Waals surface area contributed by atoms with Crippen molar-refractivity contribution in [2.75, 3.05) is 11.4 Å². The predicted octanol–water partition coefficient (Wildman–Crippen LogP) is 4.97. The van der Waals surface area contributed by atoms with Gasteiger partial charge in [0.25, 0.3) is 5.91 Å². The van der Waals surface area contributed by atoms with Crippen molar-refractivity contribution < 1.29 is 9.53 Å². The fourth-order valence-corrected chi connectivity index (χ4v) is 4.14. The number of anilines is 1. The number of carbonyl (C=O) groups excluding carboxylic acids is 1. The van der Waals surface area contributed by atoms with E-state index in [0.29, 0.717) is 13.2 Å². The summed E-state index contributed by atoms with van der Waals surface area (Å²) in [6.45, 7) is 3.16. The molecule has 3 nitrogen and oxygen atoms in total. The Labute approximate surface area is 145 Å². The molecule has 0 N–H and O–H groups in total. The van der Waals surface area contributed by atoms with E-state index in [-0.39, 0.29) is 5.91 Å². The second-order valence-electron chi connectivity index (χ2n) is 5.63. The van der Waals surface area contributed by atoms with Gasteiger partial charge in [-0.05, 0) is 37.3 Å². The van der Waals surface area contributed by atoms with Crippen LogP contribution in [0.3, 0.4) is 0 Å². The molecule has 1 aromatic heterocycles. The molecule has 2 heterocycles. The first-order chi connectivity index (χ1) is 11.8. The van der Waals surface area contributed by atoms with Gasteiger partial charge in [0, 0.05) is 28.2 Å². The van der Waals surface area contributed by atoms with Crippen LogP contribution in [0.5, 0.6) is 5.75 Å². The minimum Gasteiger partial charge on any atom is -0.488 e. The standard InChI is InChI=1S/C20H17NO2S/c1-2-21(15-8-4-3-5-9-15)20(22)18-12-14-13-23-17-11-7-6-10-16(17)19(14)24-18/h3-12H,2,13H2,1H3. The first kappa shape index (κ1) is 15.0. The van der Waals surface area contributed by atoms with E-state index in [0.717, 1.165) is 32.3 Å². The van der Waals surface area contributed by atoms with E-state index in [1.54, 1.807) is 11.3 Å². The summed E-state index contributed by atoms with van der Waals surface area (Å²) in [6.07, 6.45) is 0. The number of carbonyl (C=O) groups is 1. The third-order valence-corrected chi connectivity index (χ3v) is 5.36. The molecule has 0 unspecified atom stereocenters. The van der Waals surface area contributed by atoms with E-state index in [4.69, 9.17) is 4.74 Å². The Kier molecular flexibility index (Phi) is 3.82. The molecular weight excluding hydrogens is 318 g/mol. The molecule has 1 amide bonds. The van der Waals surface area contributed by atoms with Crippen LogP contribution in [0.15, 0.2) is 60.7 Å². The van der Waals surface area contributed by atoms with Crippen LogP contribution in [0.1, 0.15) is 22.2 Å². The van der Waals surface area contributed by atoms with Crippen LogP contribution < -0.4 is 9.64 Å². The van der Waals surface area contributed by atoms with E-state index >= 15 is 0 Å². The van der Waals surface area contributed by atoms with Crippen molar-refractivity contribution >= 4 is 22.9 Å². The molecule has 0 fully saturated rings. The van der Waals surface area contributed by atoms with Crippen LogP contribution in [0, 0.1) is 0 Å². The third kappa shape index (κ3) is 2.49. The molecule has 4 heteroatoms. The van der Waals surface area contributed by atoms with Crippen molar-refractivity contribution in [2.45, 2.75) is 13.5 Å². The van der Waals surface area contributed by atoms with Crippen molar-refractivity contribution in [3.8, 4) is 16.2 Å². The average Bonchev–Trinajstić information content (AvgIpc) is 3.08. The highest BCUT2D eigenvalue weighted by Gasteiger charge is 2.24. The summed E-state index contributed by atoms with van der Waals surface area (Å²) >= 11 is 1.55. The van der Waals surface area contributed by atoms with Gasteiger partial charge in [0.1, 0.15) is 12.4 Å². The number of fused-ring (bicyclic) bond motifs is 3. The van der Waals surface area contributed by atoms with Crippen molar-refractivity contribution in [1.29, 1.82) is 0 Å². The third-order valence-electron chi connectivity index (χ3n) is 4.16. The van der Waals surface area contributed by atoms with Crippen molar-refractivity contribution in [2.24, 2.45) is 0 Å². The maximum atomic E-state index is 13.0. The van der Waals surface area contributed by atoms with Crippen LogP contribution in [0.2, 0.25) is 0 Å². The number of thiophene rings is 1. The highest BCUT2D eigenvalue weighted by molar-refractivity contribution is 7.17. The normalized spacial score (nSPS) is 12.0. The molecular formula is C20H17NO2S. The minimum absolute atomic E-state index is 0.0422. The predicted molar refractivity (Wildman–Crippen MR) is 97.9 cm³/mol. The molecule has 1 aliphatic rings. The Morgan fingerprint density at radius 2 is 1.88 bits per heavy atom. The van der Waals surface area contributed by atoms with Crippen molar-refractivity contribution in [3.63, 3.8) is 0 Å². The maximum Gasteiger partial charge on any atom is 0.268 e. The molecule has 0 saturated heterocycles. The van der Waals surface area contributed by atoms with Crippen LogP contribution >= 0.6 is 11.3 Å².